The van der Waals surface area contributed by atoms with Gasteiger partial charge in [-0.05, 0) is 61.8 Å². The second-order valence-corrected chi connectivity index (χ2v) is 8.96. The molecule has 2 heterocycles. The summed E-state index contributed by atoms with van der Waals surface area (Å²) in [5.74, 6) is 0.710. The normalized spacial score (nSPS) is 24.9. The molecule has 1 fully saturated rings. The molecule has 0 amide bonds. The zero-order valence-electron chi connectivity index (χ0n) is 17.1. The van der Waals surface area contributed by atoms with Crippen molar-refractivity contribution < 1.29 is 14.4 Å². The van der Waals surface area contributed by atoms with Crippen LogP contribution in [0.1, 0.15) is 80.7 Å². The molecule has 1 unspecified atom stereocenters. The number of nitrogens with zero attached hydrogens (tertiary/aromatic N) is 1. The number of aromatic nitrogens is 1. The first-order chi connectivity index (χ1) is 13.8. The Morgan fingerprint density at radius 1 is 1.18 bits per heavy atom. The van der Waals surface area contributed by atoms with Crippen LogP contribution < -0.4 is 4.90 Å². The molecule has 2 aliphatic carbocycles. The molecular weight excluding hydrogens is 348 g/mol. The smallest absolute Gasteiger partial charge is 0.361 e. The maximum Gasteiger partial charge on any atom is 0.361 e. The molecular formula is C24H33N2O2+. The molecule has 1 aliphatic heterocycles. The molecule has 4 nitrogen and oxygen atoms in total. The highest BCUT2D eigenvalue weighted by Crippen LogP contribution is 2.40. The van der Waals surface area contributed by atoms with Crippen LogP contribution in [0.3, 0.4) is 0 Å². The lowest BCUT2D eigenvalue weighted by molar-refractivity contribution is -0.930. The molecule has 1 N–H and O–H groups in total. The average molecular weight is 382 g/mol. The Hall–Kier alpha value is -1.81. The molecule has 0 saturated heterocycles. The first-order valence-electron chi connectivity index (χ1n) is 11.4. The summed E-state index contributed by atoms with van der Waals surface area (Å²) in [6.07, 6.45) is 10.5. The lowest BCUT2D eigenvalue weighted by atomic mass is 9.83. The van der Waals surface area contributed by atoms with E-state index in [1.54, 1.807) is 11.1 Å². The van der Waals surface area contributed by atoms with Crippen molar-refractivity contribution in [3.8, 4) is 0 Å². The number of carbonyl (C=O) groups is 1. The summed E-state index contributed by atoms with van der Waals surface area (Å²) in [6.45, 7) is 4.91. The number of ether oxygens (including phenoxy) is 1. The van der Waals surface area contributed by atoms with E-state index in [0.717, 1.165) is 19.0 Å². The van der Waals surface area contributed by atoms with Crippen LogP contribution in [-0.2, 0) is 22.5 Å². The summed E-state index contributed by atoms with van der Waals surface area (Å²) < 4.78 is 7.83. The lowest BCUT2D eigenvalue weighted by Gasteiger charge is -2.36. The molecule has 3 aliphatic rings. The van der Waals surface area contributed by atoms with E-state index in [0.29, 0.717) is 19.2 Å². The van der Waals surface area contributed by atoms with Crippen molar-refractivity contribution in [2.45, 2.75) is 76.8 Å². The molecule has 28 heavy (non-hydrogen) atoms. The number of benzene rings is 1. The van der Waals surface area contributed by atoms with Crippen molar-refractivity contribution in [2.24, 2.45) is 0 Å². The topological polar surface area (TPSA) is 35.7 Å². The van der Waals surface area contributed by atoms with Gasteiger partial charge in [0, 0.05) is 17.3 Å². The number of hydrogen-bond donors (Lipinski definition) is 1. The largest absolute Gasteiger partial charge is 0.462 e. The molecule has 1 saturated carbocycles. The van der Waals surface area contributed by atoms with E-state index in [1.807, 2.05) is 6.92 Å². The predicted octanol–water partition coefficient (Wildman–Crippen LogP) is 3.53. The standard InChI is InChI=1S/C24H32N2O2/c1-2-28-23(27)16-25-13-14-26-21-12-11-18(17-7-4-3-5-8-17)15-20(21)19-9-6-10-22(25)24(19)26/h11-12,15,17,22H,2-10,13-14,16H2,1H3/p+1/t22-/m1/s1. The van der Waals surface area contributed by atoms with Gasteiger partial charge in [-0.25, -0.2) is 4.79 Å². The fourth-order valence-electron chi connectivity index (χ4n) is 6.11. The van der Waals surface area contributed by atoms with E-state index in [-0.39, 0.29) is 5.97 Å². The third kappa shape index (κ3) is 3.06. The molecule has 4 heteroatoms. The van der Waals surface area contributed by atoms with E-state index < -0.39 is 0 Å². The van der Waals surface area contributed by atoms with Crippen LogP contribution in [0.2, 0.25) is 0 Å². The van der Waals surface area contributed by atoms with Gasteiger partial charge in [0.15, 0.2) is 6.54 Å². The monoisotopic (exact) mass is 381 g/mol. The van der Waals surface area contributed by atoms with E-state index >= 15 is 0 Å². The minimum atomic E-state index is -0.0474. The zero-order chi connectivity index (χ0) is 19.1. The first kappa shape index (κ1) is 18.2. The summed E-state index contributed by atoms with van der Waals surface area (Å²) in [4.78, 5) is 13.5. The van der Waals surface area contributed by atoms with Gasteiger partial charge in [0.1, 0.15) is 6.04 Å². The van der Waals surface area contributed by atoms with Crippen molar-refractivity contribution in [1.29, 1.82) is 0 Å². The average Bonchev–Trinajstić information content (AvgIpc) is 3.05. The minimum absolute atomic E-state index is 0.0474. The number of hydrogen-bond acceptors (Lipinski definition) is 2. The molecule has 2 aromatic rings. The summed E-state index contributed by atoms with van der Waals surface area (Å²) >= 11 is 0. The van der Waals surface area contributed by atoms with Crippen molar-refractivity contribution in [1.82, 2.24) is 4.57 Å². The number of rotatable bonds is 4. The van der Waals surface area contributed by atoms with Crippen molar-refractivity contribution in [3.63, 3.8) is 0 Å². The van der Waals surface area contributed by atoms with Crippen LogP contribution >= 0.6 is 0 Å². The number of esters is 1. The molecule has 2 atom stereocenters. The Morgan fingerprint density at radius 3 is 2.86 bits per heavy atom. The third-order valence-electron chi connectivity index (χ3n) is 7.39. The number of fused-ring (bicyclic) bond motifs is 3. The van der Waals surface area contributed by atoms with Crippen LogP contribution in [0.15, 0.2) is 18.2 Å². The Labute approximate surface area is 167 Å². The maximum atomic E-state index is 12.1. The summed E-state index contributed by atoms with van der Waals surface area (Å²) in [7, 11) is 0. The molecule has 1 aromatic carbocycles. The summed E-state index contributed by atoms with van der Waals surface area (Å²) in [5.41, 5.74) is 6.08. The fraction of sp³-hybridized carbons (Fsp3) is 0.625. The Morgan fingerprint density at radius 2 is 2.04 bits per heavy atom. The highest BCUT2D eigenvalue weighted by atomic mass is 16.5. The first-order valence-corrected chi connectivity index (χ1v) is 11.4. The van der Waals surface area contributed by atoms with E-state index in [1.165, 1.54) is 72.9 Å². The highest BCUT2D eigenvalue weighted by molar-refractivity contribution is 5.87. The van der Waals surface area contributed by atoms with Gasteiger partial charge in [-0.2, -0.15) is 0 Å². The number of aryl methyl sites for hydroxylation is 1. The van der Waals surface area contributed by atoms with Gasteiger partial charge in [0.05, 0.1) is 25.4 Å². The highest BCUT2D eigenvalue weighted by Gasteiger charge is 2.38. The van der Waals surface area contributed by atoms with Gasteiger partial charge in [-0.15, -0.1) is 0 Å². The fourth-order valence-corrected chi connectivity index (χ4v) is 6.11. The zero-order valence-corrected chi connectivity index (χ0v) is 17.1. The van der Waals surface area contributed by atoms with E-state index in [4.69, 9.17) is 4.74 Å². The Balaban J connectivity index is 1.51. The Kier molecular flexibility index (Phi) is 4.92. The Bertz CT molecular complexity index is 878. The maximum absolute atomic E-state index is 12.1. The van der Waals surface area contributed by atoms with Gasteiger partial charge < -0.3 is 14.2 Å². The van der Waals surface area contributed by atoms with Crippen LogP contribution in [0.25, 0.3) is 10.9 Å². The van der Waals surface area contributed by atoms with Gasteiger partial charge in [0.25, 0.3) is 0 Å². The molecule has 0 spiro atoms. The van der Waals surface area contributed by atoms with Gasteiger partial charge >= 0.3 is 5.97 Å². The van der Waals surface area contributed by atoms with Gasteiger partial charge in [-0.1, -0.05) is 25.3 Å². The van der Waals surface area contributed by atoms with Crippen molar-refractivity contribution in [3.05, 3.63) is 35.0 Å². The van der Waals surface area contributed by atoms with Crippen molar-refractivity contribution >= 4 is 16.9 Å². The van der Waals surface area contributed by atoms with E-state index in [9.17, 15) is 4.79 Å². The molecule has 150 valence electrons. The van der Waals surface area contributed by atoms with Gasteiger partial charge in [0.2, 0.25) is 0 Å². The second-order valence-electron chi connectivity index (χ2n) is 8.96. The lowest BCUT2D eigenvalue weighted by Crippen LogP contribution is -3.14. The van der Waals surface area contributed by atoms with Gasteiger partial charge in [-0.3, -0.25) is 0 Å². The van der Waals surface area contributed by atoms with E-state index in [2.05, 4.69) is 22.8 Å². The number of quaternary nitrogens is 1. The quantitative estimate of drug-likeness (QED) is 0.823. The van der Waals surface area contributed by atoms with Crippen LogP contribution in [-0.4, -0.2) is 30.2 Å². The number of nitrogens with one attached hydrogen (secondary N) is 1. The van der Waals surface area contributed by atoms with Crippen LogP contribution in [0, 0.1) is 0 Å². The third-order valence-corrected chi connectivity index (χ3v) is 7.39. The minimum Gasteiger partial charge on any atom is -0.462 e. The number of carbonyl (C=O) groups excluding carboxylic acids is 1. The van der Waals surface area contributed by atoms with Crippen LogP contribution in [0.4, 0.5) is 0 Å². The van der Waals surface area contributed by atoms with Crippen LogP contribution in [0.5, 0.6) is 0 Å². The SMILES string of the molecule is CCOC(=O)C[NH+]1CCn2c3c(c4cc(C5CCCCC5)ccc42)CCC[C@H]31. The predicted molar refractivity (Wildman–Crippen MR) is 111 cm³/mol. The molecule has 5 rings (SSSR count). The molecule has 0 radical (unpaired) electrons. The summed E-state index contributed by atoms with van der Waals surface area (Å²) in [6, 6.07) is 7.78. The summed E-state index contributed by atoms with van der Waals surface area (Å²) in [5, 5.41) is 1.50. The molecule has 1 aromatic heterocycles. The van der Waals surface area contributed by atoms with Crippen molar-refractivity contribution in [2.75, 3.05) is 19.7 Å². The molecule has 0 bridgehead atoms. The second kappa shape index (κ2) is 7.55.